The molecule has 6 heteroatoms. The Balaban J connectivity index is 1.32. The molecule has 2 aliphatic heterocycles. The molecule has 0 atom stereocenters. The van der Waals surface area contributed by atoms with Gasteiger partial charge in [-0.3, -0.25) is 4.79 Å². The van der Waals surface area contributed by atoms with Gasteiger partial charge in [0.2, 0.25) is 0 Å². The molecule has 0 saturated carbocycles. The van der Waals surface area contributed by atoms with Crippen LogP contribution in [0.4, 0.5) is 0 Å². The molecule has 2 aromatic rings. The molecule has 2 aliphatic rings. The molecule has 0 aliphatic carbocycles. The fraction of sp³-hybridized carbons (Fsp3) is 0.552. The number of halogens is 1. The number of hydrogen-bond donors (Lipinski definition) is 0. The van der Waals surface area contributed by atoms with Gasteiger partial charge in [-0.2, -0.15) is 0 Å². The average molecular weight is 500 g/mol. The smallest absolute Gasteiger partial charge is 0.307 e. The summed E-state index contributed by atoms with van der Waals surface area (Å²) < 4.78 is 17.7. The second kappa shape index (κ2) is 10.8. The average Bonchev–Trinajstić information content (AvgIpc) is 3.15. The van der Waals surface area contributed by atoms with Crippen molar-refractivity contribution in [3.63, 3.8) is 0 Å². The van der Waals surface area contributed by atoms with Crippen LogP contribution in [0.25, 0.3) is 0 Å². The molecule has 4 rings (SSSR count). The Morgan fingerprint density at radius 1 is 1.14 bits per heavy atom. The quantitative estimate of drug-likeness (QED) is 0.397. The van der Waals surface area contributed by atoms with Gasteiger partial charge in [0.1, 0.15) is 23.7 Å². The molecular weight excluding hydrogens is 462 g/mol. The van der Waals surface area contributed by atoms with Crippen molar-refractivity contribution >= 4 is 17.6 Å². The first-order valence-corrected chi connectivity index (χ1v) is 13.2. The Bertz CT molecular complexity index is 1040. The Labute approximate surface area is 214 Å². The van der Waals surface area contributed by atoms with E-state index in [1.807, 2.05) is 39.0 Å². The van der Waals surface area contributed by atoms with Crippen molar-refractivity contribution < 1.29 is 19.0 Å². The summed E-state index contributed by atoms with van der Waals surface area (Å²) in [6, 6.07) is 12.4. The minimum absolute atomic E-state index is 0.0497. The number of benzene rings is 2. The number of carbonyl (C=O) groups excluding carboxylic acids is 1. The number of ether oxygens (including phenoxy) is 3. The Morgan fingerprint density at radius 3 is 2.63 bits per heavy atom. The van der Waals surface area contributed by atoms with Crippen LogP contribution in [0.1, 0.15) is 70.1 Å². The predicted octanol–water partition coefficient (Wildman–Crippen LogP) is 6.33. The molecule has 0 radical (unpaired) electrons. The normalized spacial score (nSPS) is 17.2. The maximum absolute atomic E-state index is 12.1. The highest BCUT2D eigenvalue weighted by atomic mass is 35.5. The van der Waals surface area contributed by atoms with Crippen molar-refractivity contribution in [2.45, 2.75) is 77.4 Å². The third-order valence-electron chi connectivity index (χ3n) is 6.94. The fourth-order valence-electron chi connectivity index (χ4n) is 5.05. The van der Waals surface area contributed by atoms with Gasteiger partial charge < -0.3 is 19.1 Å². The lowest BCUT2D eigenvalue weighted by atomic mass is 9.74. The zero-order valence-electron chi connectivity index (χ0n) is 21.5. The largest absolute Gasteiger partial charge is 0.492 e. The topological polar surface area (TPSA) is 48.0 Å². The number of likely N-dealkylation sites (tertiary alicyclic amines) is 1. The number of nitrogens with zero attached hydrogens (tertiary/aromatic N) is 1. The van der Waals surface area contributed by atoms with Crippen molar-refractivity contribution in [2.24, 2.45) is 0 Å². The molecule has 0 bridgehead atoms. The molecule has 35 heavy (non-hydrogen) atoms. The highest BCUT2D eigenvalue weighted by molar-refractivity contribution is 6.31. The van der Waals surface area contributed by atoms with Crippen LogP contribution in [0.2, 0.25) is 5.02 Å². The minimum atomic E-state index is -0.429. The van der Waals surface area contributed by atoms with E-state index in [1.165, 1.54) is 11.1 Å². The standard InChI is InChI=1S/C29H38ClNO4/c1-5-6-21-7-10-25(30)22(17-21)19-33-23-8-9-24-26(18-23)34-20-29(24)12-15-31(16-13-29)14-11-27(32)35-28(2,3)4/h7-10,17-18H,5-6,11-16,19-20H2,1-4H3. The molecule has 0 aromatic heterocycles. The lowest BCUT2D eigenvalue weighted by molar-refractivity contribution is -0.155. The maximum atomic E-state index is 12.1. The van der Waals surface area contributed by atoms with Gasteiger partial charge in [-0.1, -0.05) is 43.1 Å². The number of rotatable bonds is 8. The summed E-state index contributed by atoms with van der Waals surface area (Å²) in [6.45, 7) is 11.7. The maximum Gasteiger partial charge on any atom is 0.307 e. The van der Waals surface area contributed by atoms with Gasteiger partial charge in [0, 0.05) is 34.2 Å². The number of esters is 1. The van der Waals surface area contributed by atoms with E-state index in [0.717, 1.165) is 67.4 Å². The summed E-state index contributed by atoms with van der Waals surface area (Å²) in [4.78, 5) is 14.4. The molecular formula is C29H38ClNO4. The van der Waals surface area contributed by atoms with E-state index in [2.05, 4.69) is 30.0 Å². The first-order chi connectivity index (χ1) is 16.7. The van der Waals surface area contributed by atoms with Gasteiger partial charge in [-0.15, -0.1) is 0 Å². The van der Waals surface area contributed by atoms with Crippen LogP contribution in [0.5, 0.6) is 11.5 Å². The molecule has 1 spiro atoms. The summed E-state index contributed by atoms with van der Waals surface area (Å²) >= 11 is 6.40. The minimum Gasteiger partial charge on any atom is -0.492 e. The van der Waals surface area contributed by atoms with Gasteiger partial charge in [0.15, 0.2) is 0 Å². The first kappa shape index (κ1) is 25.8. The van der Waals surface area contributed by atoms with E-state index >= 15 is 0 Å². The van der Waals surface area contributed by atoms with Gasteiger partial charge in [-0.25, -0.2) is 0 Å². The predicted molar refractivity (Wildman–Crippen MR) is 140 cm³/mol. The second-order valence-corrected chi connectivity index (χ2v) is 11.3. The summed E-state index contributed by atoms with van der Waals surface area (Å²) in [5.41, 5.74) is 3.19. The van der Waals surface area contributed by atoms with Crippen molar-refractivity contribution in [3.05, 3.63) is 58.1 Å². The Morgan fingerprint density at radius 2 is 1.91 bits per heavy atom. The number of fused-ring (bicyclic) bond motifs is 2. The number of aryl methyl sites for hydroxylation is 1. The molecule has 1 saturated heterocycles. The van der Waals surface area contributed by atoms with Crippen LogP contribution in [0, 0.1) is 0 Å². The Kier molecular flexibility index (Phi) is 7.97. The molecule has 190 valence electrons. The Hall–Kier alpha value is -2.24. The van der Waals surface area contributed by atoms with Gasteiger partial charge >= 0.3 is 5.97 Å². The van der Waals surface area contributed by atoms with Crippen LogP contribution in [0.15, 0.2) is 36.4 Å². The SMILES string of the molecule is CCCc1ccc(Cl)c(COc2ccc3c(c2)OCC32CCN(CCC(=O)OC(C)(C)C)CC2)c1. The van der Waals surface area contributed by atoms with E-state index in [4.69, 9.17) is 25.8 Å². The zero-order valence-corrected chi connectivity index (χ0v) is 22.2. The highest BCUT2D eigenvalue weighted by Crippen LogP contribution is 2.46. The van der Waals surface area contributed by atoms with E-state index in [9.17, 15) is 4.79 Å². The van der Waals surface area contributed by atoms with Gasteiger partial charge in [0.25, 0.3) is 0 Å². The fourth-order valence-corrected chi connectivity index (χ4v) is 5.22. The summed E-state index contributed by atoms with van der Waals surface area (Å²) in [7, 11) is 0. The molecule has 1 fully saturated rings. The van der Waals surface area contributed by atoms with Crippen molar-refractivity contribution in [2.75, 3.05) is 26.2 Å². The lowest BCUT2D eigenvalue weighted by Crippen LogP contribution is -2.44. The third kappa shape index (κ3) is 6.50. The van der Waals surface area contributed by atoms with Gasteiger partial charge in [-0.05, 0) is 70.8 Å². The van der Waals surface area contributed by atoms with Crippen LogP contribution in [-0.2, 0) is 28.0 Å². The molecule has 0 N–H and O–H groups in total. The number of piperidine rings is 1. The van der Waals surface area contributed by atoms with Crippen LogP contribution >= 0.6 is 11.6 Å². The van der Waals surface area contributed by atoms with E-state index in [-0.39, 0.29) is 11.4 Å². The lowest BCUT2D eigenvalue weighted by Gasteiger charge is -2.38. The number of hydrogen-bond acceptors (Lipinski definition) is 5. The van der Waals surface area contributed by atoms with E-state index < -0.39 is 5.60 Å². The highest BCUT2D eigenvalue weighted by Gasteiger charge is 2.43. The summed E-state index contributed by atoms with van der Waals surface area (Å²) in [5, 5.41) is 0.736. The van der Waals surface area contributed by atoms with Crippen LogP contribution < -0.4 is 9.47 Å². The molecule has 0 unspecified atom stereocenters. The summed E-state index contributed by atoms with van der Waals surface area (Å²) in [6.07, 6.45) is 4.62. The zero-order chi connectivity index (χ0) is 25.1. The van der Waals surface area contributed by atoms with Gasteiger partial charge in [0.05, 0.1) is 13.0 Å². The van der Waals surface area contributed by atoms with E-state index in [0.29, 0.717) is 19.6 Å². The van der Waals surface area contributed by atoms with E-state index in [1.54, 1.807) is 0 Å². The third-order valence-corrected chi connectivity index (χ3v) is 7.31. The van der Waals surface area contributed by atoms with Crippen molar-refractivity contribution in [1.82, 2.24) is 4.90 Å². The van der Waals surface area contributed by atoms with Crippen molar-refractivity contribution in [3.8, 4) is 11.5 Å². The molecule has 5 nitrogen and oxygen atoms in total. The van der Waals surface area contributed by atoms with Crippen LogP contribution in [-0.4, -0.2) is 42.7 Å². The second-order valence-electron chi connectivity index (χ2n) is 10.9. The number of carbonyl (C=O) groups is 1. The molecule has 2 heterocycles. The monoisotopic (exact) mass is 499 g/mol. The summed E-state index contributed by atoms with van der Waals surface area (Å²) in [5.74, 6) is 1.60. The molecule has 2 aromatic carbocycles. The van der Waals surface area contributed by atoms with Crippen LogP contribution in [0.3, 0.4) is 0 Å². The first-order valence-electron chi connectivity index (χ1n) is 12.8. The molecule has 0 amide bonds. The van der Waals surface area contributed by atoms with Crippen molar-refractivity contribution in [1.29, 1.82) is 0 Å².